The SMILES string of the molecule is Cc1cccc(C)c1C(=O)NC1CCCC1CN.Cl. The summed E-state index contributed by atoms with van der Waals surface area (Å²) in [6.45, 7) is 4.63. The number of carbonyl (C=O) groups is 1. The second-order valence-electron chi connectivity index (χ2n) is 5.27. The van der Waals surface area contributed by atoms with Gasteiger partial charge in [0.25, 0.3) is 5.91 Å². The van der Waals surface area contributed by atoms with Gasteiger partial charge in [0.2, 0.25) is 0 Å². The van der Waals surface area contributed by atoms with E-state index in [1.54, 1.807) is 0 Å². The Hall–Kier alpha value is -1.06. The molecule has 106 valence electrons. The van der Waals surface area contributed by atoms with Crippen molar-refractivity contribution in [1.29, 1.82) is 0 Å². The van der Waals surface area contributed by atoms with E-state index in [0.29, 0.717) is 12.5 Å². The Bertz CT molecular complexity index is 428. The Labute approximate surface area is 121 Å². The molecule has 0 radical (unpaired) electrons. The van der Waals surface area contributed by atoms with E-state index in [-0.39, 0.29) is 24.4 Å². The van der Waals surface area contributed by atoms with Crippen LogP contribution in [0, 0.1) is 19.8 Å². The number of amides is 1. The summed E-state index contributed by atoms with van der Waals surface area (Å²) in [6, 6.07) is 6.20. The van der Waals surface area contributed by atoms with Crippen LogP contribution in [0.2, 0.25) is 0 Å². The monoisotopic (exact) mass is 282 g/mol. The quantitative estimate of drug-likeness (QED) is 0.895. The van der Waals surface area contributed by atoms with Crippen molar-refractivity contribution in [2.24, 2.45) is 11.7 Å². The van der Waals surface area contributed by atoms with Gasteiger partial charge in [-0.15, -0.1) is 12.4 Å². The number of benzene rings is 1. The van der Waals surface area contributed by atoms with Crippen molar-refractivity contribution in [3.8, 4) is 0 Å². The second kappa shape index (κ2) is 6.92. The van der Waals surface area contributed by atoms with Crippen molar-refractivity contribution in [3.05, 3.63) is 34.9 Å². The largest absolute Gasteiger partial charge is 0.349 e. The highest BCUT2D eigenvalue weighted by atomic mass is 35.5. The summed E-state index contributed by atoms with van der Waals surface area (Å²) in [7, 11) is 0. The smallest absolute Gasteiger partial charge is 0.252 e. The number of hydrogen-bond acceptors (Lipinski definition) is 2. The summed E-state index contributed by atoms with van der Waals surface area (Å²) in [5.74, 6) is 0.495. The molecule has 0 aliphatic heterocycles. The zero-order valence-electron chi connectivity index (χ0n) is 11.6. The van der Waals surface area contributed by atoms with E-state index in [1.165, 1.54) is 6.42 Å². The minimum absolute atomic E-state index is 0. The fraction of sp³-hybridized carbons (Fsp3) is 0.533. The number of hydrogen-bond donors (Lipinski definition) is 2. The molecule has 2 rings (SSSR count). The van der Waals surface area contributed by atoms with Gasteiger partial charge in [0.05, 0.1) is 0 Å². The van der Waals surface area contributed by atoms with E-state index in [4.69, 9.17) is 5.73 Å². The first-order valence-corrected chi connectivity index (χ1v) is 6.70. The zero-order chi connectivity index (χ0) is 13.1. The van der Waals surface area contributed by atoms with Crippen molar-refractivity contribution in [2.45, 2.75) is 39.2 Å². The van der Waals surface area contributed by atoms with Crippen LogP contribution in [0.5, 0.6) is 0 Å². The predicted octanol–water partition coefficient (Wildman–Crippen LogP) is 2.58. The third kappa shape index (κ3) is 3.48. The molecule has 1 amide bonds. The summed E-state index contributed by atoms with van der Waals surface area (Å²) in [5.41, 5.74) is 8.64. The van der Waals surface area contributed by atoms with Crippen molar-refractivity contribution in [3.63, 3.8) is 0 Å². The third-order valence-electron chi connectivity index (χ3n) is 3.99. The topological polar surface area (TPSA) is 55.1 Å². The number of carbonyl (C=O) groups excluding carboxylic acids is 1. The first-order chi connectivity index (χ1) is 8.63. The lowest BCUT2D eigenvalue weighted by molar-refractivity contribution is 0.0927. The van der Waals surface area contributed by atoms with Gasteiger partial charge in [-0.1, -0.05) is 24.6 Å². The van der Waals surface area contributed by atoms with E-state index in [2.05, 4.69) is 5.32 Å². The minimum Gasteiger partial charge on any atom is -0.349 e. The third-order valence-corrected chi connectivity index (χ3v) is 3.99. The van der Waals surface area contributed by atoms with Crippen molar-refractivity contribution < 1.29 is 4.79 Å². The molecule has 0 spiro atoms. The number of nitrogens with two attached hydrogens (primary N) is 1. The van der Waals surface area contributed by atoms with E-state index in [9.17, 15) is 4.79 Å². The second-order valence-corrected chi connectivity index (χ2v) is 5.27. The molecule has 1 fully saturated rings. The lowest BCUT2D eigenvalue weighted by atomic mass is 10.00. The zero-order valence-corrected chi connectivity index (χ0v) is 12.4. The average Bonchev–Trinajstić information content (AvgIpc) is 2.76. The minimum atomic E-state index is 0. The summed E-state index contributed by atoms with van der Waals surface area (Å²) >= 11 is 0. The molecule has 19 heavy (non-hydrogen) atoms. The average molecular weight is 283 g/mol. The molecule has 1 aliphatic rings. The highest BCUT2D eigenvalue weighted by Crippen LogP contribution is 2.25. The van der Waals surface area contributed by atoms with Crippen LogP contribution in [-0.4, -0.2) is 18.5 Å². The summed E-state index contributed by atoms with van der Waals surface area (Å²) in [6.07, 6.45) is 3.35. The van der Waals surface area contributed by atoms with Gasteiger partial charge in [-0.25, -0.2) is 0 Å². The molecule has 3 N–H and O–H groups in total. The molecule has 0 aromatic heterocycles. The number of halogens is 1. The van der Waals surface area contributed by atoms with E-state index >= 15 is 0 Å². The van der Waals surface area contributed by atoms with Crippen LogP contribution in [0.3, 0.4) is 0 Å². The van der Waals surface area contributed by atoms with E-state index in [1.807, 2.05) is 32.0 Å². The highest BCUT2D eigenvalue weighted by molar-refractivity contribution is 5.97. The van der Waals surface area contributed by atoms with Crippen LogP contribution in [0.15, 0.2) is 18.2 Å². The Morgan fingerprint density at radius 2 is 1.95 bits per heavy atom. The molecule has 1 aliphatic carbocycles. The standard InChI is InChI=1S/C15H22N2O.ClH/c1-10-5-3-6-11(2)14(10)15(18)17-13-8-4-7-12(13)9-16;/h3,5-6,12-13H,4,7-9,16H2,1-2H3,(H,17,18);1H. The van der Waals surface area contributed by atoms with Gasteiger partial charge < -0.3 is 11.1 Å². The van der Waals surface area contributed by atoms with Gasteiger partial charge in [0, 0.05) is 11.6 Å². The molecule has 0 saturated heterocycles. The molecular weight excluding hydrogens is 260 g/mol. The highest BCUT2D eigenvalue weighted by Gasteiger charge is 2.28. The molecule has 2 unspecified atom stereocenters. The van der Waals surface area contributed by atoms with Crippen LogP contribution in [0.1, 0.15) is 40.7 Å². The lowest BCUT2D eigenvalue weighted by Gasteiger charge is -2.20. The van der Waals surface area contributed by atoms with Crippen LogP contribution in [0.4, 0.5) is 0 Å². The predicted molar refractivity (Wildman–Crippen MR) is 80.8 cm³/mol. The summed E-state index contributed by atoms with van der Waals surface area (Å²) in [4.78, 5) is 12.4. The molecule has 0 bridgehead atoms. The van der Waals surface area contributed by atoms with Gasteiger partial charge in [-0.05, 0) is 50.3 Å². The fourth-order valence-corrected chi connectivity index (χ4v) is 2.92. The molecule has 1 saturated carbocycles. The van der Waals surface area contributed by atoms with Gasteiger partial charge in [0.1, 0.15) is 0 Å². The Morgan fingerprint density at radius 1 is 1.32 bits per heavy atom. The maximum atomic E-state index is 12.4. The molecular formula is C15H23ClN2O. The van der Waals surface area contributed by atoms with Crippen molar-refractivity contribution >= 4 is 18.3 Å². The number of rotatable bonds is 3. The van der Waals surface area contributed by atoms with E-state index in [0.717, 1.165) is 29.5 Å². The first-order valence-electron chi connectivity index (χ1n) is 6.70. The van der Waals surface area contributed by atoms with Crippen LogP contribution in [-0.2, 0) is 0 Å². The number of nitrogens with one attached hydrogen (secondary N) is 1. The van der Waals surface area contributed by atoms with Gasteiger partial charge in [0.15, 0.2) is 0 Å². The summed E-state index contributed by atoms with van der Waals surface area (Å²) in [5, 5.41) is 3.16. The Kier molecular flexibility index (Phi) is 5.83. The fourth-order valence-electron chi connectivity index (χ4n) is 2.92. The molecule has 2 atom stereocenters. The van der Waals surface area contributed by atoms with E-state index < -0.39 is 0 Å². The Morgan fingerprint density at radius 3 is 2.53 bits per heavy atom. The molecule has 1 aromatic carbocycles. The van der Waals surface area contributed by atoms with Gasteiger partial charge in [-0.2, -0.15) is 0 Å². The number of aryl methyl sites for hydroxylation is 2. The van der Waals surface area contributed by atoms with Crippen molar-refractivity contribution in [1.82, 2.24) is 5.32 Å². The first kappa shape index (κ1) is 16.0. The summed E-state index contributed by atoms with van der Waals surface area (Å²) < 4.78 is 0. The van der Waals surface area contributed by atoms with Crippen LogP contribution < -0.4 is 11.1 Å². The maximum Gasteiger partial charge on any atom is 0.252 e. The normalized spacial score (nSPS) is 21.8. The lowest BCUT2D eigenvalue weighted by Crippen LogP contribution is -2.40. The maximum absolute atomic E-state index is 12.4. The molecule has 1 aromatic rings. The molecule has 4 heteroatoms. The van der Waals surface area contributed by atoms with Gasteiger partial charge in [-0.3, -0.25) is 4.79 Å². The van der Waals surface area contributed by atoms with Crippen LogP contribution in [0.25, 0.3) is 0 Å². The molecule has 3 nitrogen and oxygen atoms in total. The van der Waals surface area contributed by atoms with Gasteiger partial charge >= 0.3 is 0 Å². The Balaban J connectivity index is 0.00000180. The van der Waals surface area contributed by atoms with Crippen molar-refractivity contribution in [2.75, 3.05) is 6.54 Å². The van der Waals surface area contributed by atoms with Crippen LogP contribution >= 0.6 is 12.4 Å². The molecule has 0 heterocycles.